The summed E-state index contributed by atoms with van der Waals surface area (Å²) in [7, 11) is 1.63. The molecule has 0 unspecified atom stereocenters. The van der Waals surface area contributed by atoms with Gasteiger partial charge in [0.05, 0.1) is 26.1 Å². The van der Waals surface area contributed by atoms with Crippen molar-refractivity contribution in [3.8, 4) is 5.75 Å². The SMILES string of the molecule is COc1ccccc1CN1C(=O)Cc2c(C)nc([C@@H]3CCCN3C(=O)C(C)(C)C)nc21. The van der Waals surface area contributed by atoms with Gasteiger partial charge in [-0.15, -0.1) is 0 Å². The number of aromatic nitrogens is 2. The summed E-state index contributed by atoms with van der Waals surface area (Å²) in [6.45, 7) is 8.84. The molecular formula is C24H30N4O3. The van der Waals surface area contributed by atoms with Gasteiger partial charge in [-0.2, -0.15) is 0 Å². The number of rotatable bonds is 4. The zero-order valence-corrected chi connectivity index (χ0v) is 18.9. The molecule has 0 bridgehead atoms. The van der Waals surface area contributed by atoms with Crippen LogP contribution in [-0.4, -0.2) is 40.3 Å². The van der Waals surface area contributed by atoms with Gasteiger partial charge in [0.1, 0.15) is 11.6 Å². The van der Waals surface area contributed by atoms with Crippen molar-refractivity contribution in [3.05, 3.63) is 46.9 Å². The standard InChI is InChI=1S/C24H30N4O3/c1-15-17-13-20(29)28(14-16-9-6-7-11-19(16)31-5)22(17)26-21(25-15)18-10-8-12-27(18)23(30)24(2,3)4/h6-7,9,11,18H,8,10,12-14H2,1-5H3/t18-/m0/s1. The molecule has 164 valence electrons. The smallest absolute Gasteiger partial charge is 0.233 e. The Morgan fingerprint density at radius 2 is 1.97 bits per heavy atom. The van der Waals surface area contributed by atoms with E-state index in [0.717, 1.165) is 35.4 Å². The Morgan fingerprint density at radius 1 is 1.23 bits per heavy atom. The quantitative estimate of drug-likeness (QED) is 0.753. The van der Waals surface area contributed by atoms with Crippen LogP contribution in [0, 0.1) is 12.3 Å². The van der Waals surface area contributed by atoms with Crippen LogP contribution in [0.25, 0.3) is 0 Å². The molecule has 2 aliphatic heterocycles. The first-order chi connectivity index (χ1) is 14.7. The van der Waals surface area contributed by atoms with Crippen molar-refractivity contribution in [2.75, 3.05) is 18.6 Å². The number of carbonyl (C=O) groups is 2. The van der Waals surface area contributed by atoms with Crippen LogP contribution in [0.15, 0.2) is 24.3 Å². The van der Waals surface area contributed by atoms with Gasteiger partial charge < -0.3 is 9.64 Å². The van der Waals surface area contributed by atoms with Crippen molar-refractivity contribution in [1.82, 2.24) is 14.9 Å². The third-order valence-electron chi connectivity index (χ3n) is 6.07. The summed E-state index contributed by atoms with van der Waals surface area (Å²) in [6, 6.07) is 7.54. The lowest BCUT2D eigenvalue weighted by Gasteiger charge is -2.30. The second-order valence-corrected chi connectivity index (χ2v) is 9.34. The molecule has 2 aromatic rings. The lowest BCUT2D eigenvalue weighted by molar-refractivity contribution is -0.140. The second-order valence-electron chi connectivity index (χ2n) is 9.34. The summed E-state index contributed by atoms with van der Waals surface area (Å²) < 4.78 is 5.46. The van der Waals surface area contributed by atoms with Gasteiger partial charge in [-0.3, -0.25) is 14.5 Å². The normalized spacial score (nSPS) is 18.5. The monoisotopic (exact) mass is 422 g/mol. The summed E-state index contributed by atoms with van der Waals surface area (Å²) in [5.41, 5.74) is 2.15. The largest absolute Gasteiger partial charge is 0.496 e. The van der Waals surface area contributed by atoms with E-state index in [-0.39, 0.29) is 17.9 Å². The number of benzene rings is 1. The highest BCUT2D eigenvalue weighted by atomic mass is 16.5. The molecule has 1 atom stereocenters. The van der Waals surface area contributed by atoms with E-state index in [2.05, 4.69) is 0 Å². The van der Waals surface area contributed by atoms with Crippen LogP contribution in [0.5, 0.6) is 5.75 Å². The molecule has 0 spiro atoms. The van der Waals surface area contributed by atoms with Crippen LogP contribution in [0.4, 0.5) is 5.82 Å². The summed E-state index contributed by atoms with van der Waals surface area (Å²) >= 11 is 0. The average molecular weight is 423 g/mol. The zero-order chi connectivity index (χ0) is 22.3. The average Bonchev–Trinajstić information content (AvgIpc) is 3.33. The Bertz CT molecular complexity index is 1030. The molecule has 7 heteroatoms. The maximum atomic E-state index is 13.0. The molecule has 0 aliphatic carbocycles. The van der Waals surface area contributed by atoms with Crippen molar-refractivity contribution >= 4 is 17.6 Å². The molecule has 2 aliphatic rings. The van der Waals surface area contributed by atoms with Crippen LogP contribution < -0.4 is 9.64 Å². The van der Waals surface area contributed by atoms with Gasteiger partial charge in [0.15, 0.2) is 5.82 Å². The lowest BCUT2D eigenvalue weighted by Crippen LogP contribution is -2.39. The highest BCUT2D eigenvalue weighted by Crippen LogP contribution is 2.37. The van der Waals surface area contributed by atoms with E-state index >= 15 is 0 Å². The molecule has 0 saturated carbocycles. The predicted octanol–water partition coefficient (Wildman–Crippen LogP) is 3.59. The fraction of sp³-hybridized carbons (Fsp3) is 0.500. The van der Waals surface area contributed by atoms with Gasteiger partial charge in [0, 0.05) is 28.8 Å². The van der Waals surface area contributed by atoms with Crippen molar-refractivity contribution in [3.63, 3.8) is 0 Å². The summed E-state index contributed by atoms with van der Waals surface area (Å²) in [4.78, 5) is 39.1. The van der Waals surface area contributed by atoms with Crippen LogP contribution in [0.3, 0.4) is 0 Å². The molecule has 1 aromatic heterocycles. The minimum absolute atomic E-state index is 0.00417. The number of hydrogen-bond acceptors (Lipinski definition) is 5. The topological polar surface area (TPSA) is 75.6 Å². The first kappa shape index (κ1) is 21.3. The fourth-order valence-corrected chi connectivity index (χ4v) is 4.42. The van der Waals surface area contributed by atoms with E-state index in [1.54, 1.807) is 12.0 Å². The highest BCUT2D eigenvalue weighted by Gasteiger charge is 2.39. The van der Waals surface area contributed by atoms with E-state index in [4.69, 9.17) is 14.7 Å². The molecule has 0 N–H and O–H groups in total. The highest BCUT2D eigenvalue weighted by molar-refractivity contribution is 6.00. The van der Waals surface area contributed by atoms with E-state index in [1.165, 1.54) is 0 Å². The number of methoxy groups -OCH3 is 1. The first-order valence-corrected chi connectivity index (χ1v) is 10.8. The minimum atomic E-state index is -0.458. The number of hydrogen-bond donors (Lipinski definition) is 0. The van der Waals surface area contributed by atoms with Crippen molar-refractivity contribution < 1.29 is 14.3 Å². The molecule has 1 saturated heterocycles. The van der Waals surface area contributed by atoms with Crippen molar-refractivity contribution in [2.24, 2.45) is 5.41 Å². The van der Waals surface area contributed by atoms with E-state index in [9.17, 15) is 9.59 Å². The van der Waals surface area contributed by atoms with Crippen LogP contribution in [-0.2, 0) is 22.6 Å². The number of anilines is 1. The fourth-order valence-electron chi connectivity index (χ4n) is 4.42. The zero-order valence-electron chi connectivity index (χ0n) is 18.9. The molecule has 1 aromatic carbocycles. The molecule has 4 rings (SSSR count). The van der Waals surface area contributed by atoms with Crippen LogP contribution in [0.1, 0.15) is 62.3 Å². The van der Waals surface area contributed by atoms with Crippen LogP contribution in [0.2, 0.25) is 0 Å². The van der Waals surface area contributed by atoms with Gasteiger partial charge in [-0.05, 0) is 25.8 Å². The number of para-hydroxylation sites is 1. The molecule has 2 amide bonds. The number of carbonyl (C=O) groups excluding carboxylic acids is 2. The van der Waals surface area contributed by atoms with Gasteiger partial charge in [0.2, 0.25) is 11.8 Å². The number of fused-ring (bicyclic) bond motifs is 1. The van der Waals surface area contributed by atoms with Crippen molar-refractivity contribution in [1.29, 1.82) is 0 Å². The number of aryl methyl sites for hydroxylation is 1. The summed E-state index contributed by atoms with van der Waals surface area (Å²) in [5, 5.41) is 0. The van der Waals surface area contributed by atoms with E-state index in [0.29, 0.717) is 31.2 Å². The Kier molecular flexibility index (Phi) is 5.45. The third-order valence-corrected chi connectivity index (χ3v) is 6.07. The molecule has 31 heavy (non-hydrogen) atoms. The minimum Gasteiger partial charge on any atom is -0.496 e. The Balaban J connectivity index is 1.70. The maximum Gasteiger partial charge on any atom is 0.233 e. The lowest BCUT2D eigenvalue weighted by atomic mass is 9.94. The van der Waals surface area contributed by atoms with Gasteiger partial charge in [-0.25, -0.2) is 9.97 Å². The number of likely N-dealkylation sites (tertiary alicyclic amines) is 1. The Morgan fingerprint density at radius 3 is 2.68 bits per heavy atom. The molecule has 1 fully saturated rings. The number of nitrogens with zero attached hydrogens (tertiary/aromatic N) is 4. The molecular weight excluding hydrogens is 392 g/mol. The second kappa shape index (κ2) is 7.94. The third kappa shape index (κ3) is 3.89. The van der Waals surface area contributed by atoms with Gasteiger partial charge in [-0.1, -0.05) is 39.0 Å². The first-order valence-electron chi connectivity index (χ1n) is 10.8. The Hall–Kier alpha value is -2.96. The van der Waals surface area contributed by atoms with Crippen molar-refractivity contribution in [2.45, 2.75) is 59.5 Å². The van der Waals surface area contributed by atoms with Crippen LogP contribution >= 0.6 is 0 Å². The van der Waals surface area contributed by atoms with E-state index in [1.807, 2.05) is 56.9 Å². The summed E-state index contributed by atoms with van der Waals surface area (Å²) in [5.74, 6) is 2.15. The predicted molar refractivity (Wildman–Crippen MR) is 118 cm³/mol. The number of ether oxygens (including phenoxy) is 1. The van der Waals surface area contributed by atoms with Gasteiger partial charge in [0.25, 0.3) is 0 Å². The molecule has 0 radical (unpaired) electrons. The van der Waals surface area contributed by atoms with Gasteiger partial charge >= 0.3 is 0 Å². The number of amides is 2. The molecule has 7 nitrogen and oxygen atoms in total. The molecule has 3 heterocycles. The Labute approximate surface area is 183 Å². The maximum absolute atomic E-state index is 13.0. The summed E-state index contributed by atoms with van der Waals surface area (Å²) in [6.07, 6.45) is 2.06. The van der Waals surface area contributed by atoms with E-state index < -0.39 is 5.41 Å².